The Hall–Kier alpha value is -2.09. The number of thioether (sulfide) groups is 1. The monoisotopic (exact) mass is 428 g/mol. The molecule has 2 heterocycles. The van der Waals surface area contributed by atoms with Gasteiger partial charge in [-0.2, -0.15) is 0 Å². The maximum atomic E-state index is 13.6. The lowest BCUT2D eigenvalue weighted by molar-refractivity contribution is 0.0915. The molecule has 29 heavy (non-hydrogen) atoms. The summed E-state index contributed by atoms with van der Waals surface area (Å²) in [6, 6.07) is 13.6. The Labute approximate surface area is 179 Å². The van der Waals surface area contributed by atoms with Crippen molar-refractivity contribution in [1.82, 2.24) is 4.98 Å². The third-order valence-electron chi connectivity index (χ3n) is 4.89. The Kier molecular flexibility index (Phi) is 6.37. The molecule has 1 amide bonds. The fourth-order valence-corrected chi connectivity index (χ4v) is 5.09. The van der Waals surface area contributed by atoms with Crippen LogP contribution in [-0.4, -0.2) is 43.0 Å². The van der Waals surface area contributed by atoms with Gasteiger partial charge in [-0.15, -0.1) is 11.8 Å². The van der Waals surface area contributed by atoms with E-state index >= 15 is 0 Å². The van der Waals surface area contributed by atoms with Gasteiger partial charge in [0.05, 0.1) is 29.5 Å². The number of carbonyl (C=O) groups excluding carboxylic acids is 1. The van der Waals surface area contributed by atoms with Crippen molar-refractivity contribution in [2.45, 2.75) is 30.8 Å². The Morgan fingerprint density at radius 1 is 1.31 bits per heavy atom. The topological polar surface area (TPSA) is 51.7 Å². The van der Waals surface area contributed by atoms with Crippen molar-refractivity contribution in [2.24, 2.45) is 0 Å². The summed E-state index contributed by atoms with van der Waals surface area (Å²) >= 11 is 3.09. The summed E-state index contributed by atoms with van der Waals surface area (Å²) in [7, 11) is 0. The van der Waals surface area contributed by atoms with Crippen LogP contribution in [0.3, 0.4) is 0 Å². The molecular weight excluding hydrogens is 404 g/mol. The van der Waals surface area contributed by atoms with Crippen molar-refractivity contribution in [3.8, 4) is 5.75 Å². The van der Waals surface area contributed by atoms with Gasteiger partial charge in [0.1, 0.15) is 11.3 Å². The van der Waals surface area contributed by atoms with Gasteiger partial charge >= 0.3 is 0 Å². The van der Waals surface area contributed by atoms with Crippen LogP contribution in [0.25, 0.3) is 10.2 Å². The molecule has 0 radical (unpaired) electrons. The third kappa shape index (κ3) is 4.27. The zero-order valence-electron chi connectivity index (χ0n) is 16.6. The molecule has 152 valence electrons. The molecule has 7 heteroatoms. The molecule has 1 aliphatic rings. The molecule has 0 aliphatic carbocycles. The first-order valence-corrected chi connectivity index (χ1v) is 11.8. The lowest BCUT2D eigenvalue weighted by atomic mass is 10.1. The molecule has 5 nitrogen and oxygen atoms in total. The summed E-state index contributed by atoms with van der Waals surface area (Å²) in [5.41, 5.74) is 1.50. The van der Waals surface area contributed by atoms with E-state index in [0.717, 1.165) is 40.3 Å². The van der Waals surface area contributed by atoms with E-state index in [1.165, 1.54) is 11.3 Å². The van der Waals surface area contributed by atoms with Gasteiger partial charge < -0.3 is 9.47 Å². The van der Waals surface area contributed by atoms with Gasteiger partial charge in [-0.1, -0.05) is 29.5 Å². The van der Waals surface area contributed by atoms with Crippen LogP contribution in [0.4, 0.5) is 5.13 Å². The molecule has 1 unspecified atom stereocenters. The molecular formula is C22H24N2O3S2. The van der Waals surface area contributed by atoms with Crippen molar-refractivity contribution >= 4 is 44.4 Å². The third-order valence-corrected chi connectivity index (χ3v) is 6.73. The van der Waals surface area contributed by atoms with E-state index in [-0.39, 0.29) is 12.0 Å². The number of thiazole rings is 1. The van der Waals surface area contributed by atoms with Gasteiger partial charge in [0.25, 0.3) is 5.91 Å². The lowest BCUT2D eigenvalue weighted by Crippen LogP contribution is -2.37. The number of ether oxygens (including phenoxy) is 2. The quantitative estimate of drug-likeness (QED) is 0.482. The molecule has 0 N–H and O–H groups in total. The molecule has 1 aromatic heterocycles. The first kappa shape index (κ1) is 20.2. The minimum Gasteiger partial charge on any atom is -0.492 e. The minimum atomic E-state index is -0.0394. The molecule has 3 aromatic rings. The highest BCUT2D eigenvalue weighted by Crippen LogP contribution is 2.36. The number of hydrogen-bond acceptors (Lipinski definition) is 6. The van der Waals surface area contributed by atoms with Crippen LogP contribution >= 0.6 is 23.1 Å². The number of hydrogen-bond donors (Lipinski definition) is 0. The van der Waals surface area contributed by atoms with Crippen LogP contribution in [0, 0.1) is 0 Å². The number of aromatic nitrogens is 1. The molecule has 1 atom stereocenters. The van der Waals surface area contributed by atoms with Crippen LogP contribution < -0.4 is 9.64 Å². The maximum absolute atomic E-state index is 13.6. The summed E-state index contributed by atoms with van der Waals surface area (Å²) in [5, 5.41) is 0.684. The predicted octanol–water partition coefficient (Wildman–Crippen LogP) is 5.24. The number of fused-ring (bicyclic) bond motifs is 1. The van der Waals surface area contributed by atoms with Gasteiger partial charge in [-0.05, 0) is 50.3 Å². The average Bonchev–Trinajstić information content (AvgIpc) is 3.41. The highest BCUT2D eigenvalue weighted by Gasteiger charge is 2.28. The predicted molar refractivity (Wildman–Crippen MR) is 120 cm³/mol. The van der Waals surface area contributed by atoms with E-state index in [0.29, 0.717) is 23.8 Å². The lowest BCUT2D eigenvalue weighted by Gasteiger charge is -2.24. The van der Waals surface area contributed by atoms with Crippen molar-refractivity contribution in [2.75, 3.05) is 30.9 Å². The molecule has 1 saturated heterocycles. The molecule has 1 aliphatic heterocycles. The van der Waals surface area contributed by atoms with Gasteiger partial charge in [0.15, 0.2) is 5.13 Å². The van der Waals surface area contributed by atoms with Crippen LogP contribution in [-0.2, 0) is 4.74 Å². The van der Waals surface area contributed by atoms with E-state index in [4.69, 9.17) is 14.5 Å². The number of nitrogens with zero attached hydrogens (tertiary/aromatic N) is 2. The van der Waals surface area contributed by atoms with Gasteiger partial charge in [-0.3, -0.25) is 9.69 Å². The smallest absolute Gasteiger partial charge is 0.261 e. The van der Waals surface area contributed by atoms with Crippen LogP contribution in [0.1, 0.15) is 30.1 Å². The van der Waals surface area contributed by atoms with E-state index < -0.39 is 0 Å². The van der Waals surface area contributed by atoms with E-state index in [1.807, 2.05) is 55.6 Å². The zero-order chi connectivity index (χ0) is 20.2. The van der Waals surface area contributed by atoms with Crippen molar-refractivity contribution in [3.63, 3.8) is 0 Å². The Morgan fingerprint density at radius 3 is 2.93 bits per heavy atom. The van der Waals surface area contributed by atoms with Crippen LogP contribution in [0.15, 0.2) is 47.4 Å². The highest BCUT2D eigenvalue weighted by atomic mass is 32.2. The molecule has 2 aromatic carbocycles. The fraction of sp³-hybridized carbons (Fsp3) is 0.364. The second-order valence-corrected chi connectivity index (χ2v) is 8.64. The molecule has 0 saturated carbocycles. The fourth-order valence-electron chi connectivity index (χ4n) is 3.51. The van der Waals surface area contributed by atoms with Crippen molar-refractivity contribution < 1.29 is 14.3 Å². The summed E-state index contributed by atoms with van der Waals surface area (Å²) in [6.07, 6.45) is 4.02. The molecule has 0 spiro atoms. The second-order valence-electron chi connectivity index (χ2n) is 6.78. The Morgan fingerprint density at radius 2 is 2.17 bits per heavy atom. The Balaban J connectivity index is 1.75. The number of carbonyl (C=O) groups is 1. The van der Waals surface area contributed by atoms with Gasteiger partial charge in [0.2, 0.25) is 0 Å². The summed E-state index contributed by atoms with van der Waals surface area (Å²) < 4.78 is 12.6. The van der Waals surface area contributed by atoms with E-state index in [2.05, 4.69) is 0 Å². The number of para-hydroxylation sites is 1. The first-order valence-electron chi connectivity index (χ1n) is 9.80. The van der Waals surface area contributed by atoms with Crippen LogP contribution in [0.2, 0.25) is 0 Å². The first-order chi connectivity index (χ1) is 14.2. The SMILES string of the molecule is CCOc1cccc2sc(N(CC3CCCO3)C(=O)c3ccccc3SC)nc12. The molecule has 1 fully saturated rings. The van der Waals surface area contributed by atoms with Gasteiger partial charge in [0, 0.05) is 11.5 Å². The second kappa shape index (κ2) is 9.15. The largest absolute Gasteiger partial charge is 0.492 e. The van der Waals surface area contributed by atoms with Crippen LogP contribution in [0.5, 0.6) is 5.75 Å². The number of anilines is 1. The number of rotatable bonds is 7. The molecule has 4 rings (SSSR count). The Bertz CT molecular complexity index is 999. The summed E-state index contributed by atoms with van der Waals surface area (Å²) in [6.45, 7) is 3.79. The normalized spacial score (nSPS) is 16.3. The van der Waals surface area contributed by atoms with Crippen molar-refractivity contribution in [3.05, 3.63) is 48.0 Å². The zero-order valence-corrected chi connectivity index (χ0v) is 18.2. The average molecular weight is 429 g/mol. The van der Waals surface area contributed by atoms with Crippen molar-refractivity contribution in [1.29, 1.82) is 0 Å². The van der Waals surface area contributed by atoms with Gasteiger partial charge in [-0.25, -0.2) is 4.98 Å². The van der Waals surface area contributed by atoms with E-state index in [9.17, 15) is 4.79 Å². The minimum absolute atomic E-state index is 0.0394. The number of benzene rings is 2. The number of amides is 1. The maximum Gasteiger partial charge on any atom is 0.261 e. The standard InChI is InChI=1S/C22H24N2O3S2/c1-3-26-17-10-6-12-19-20(17)23-22(29-19)24(14-15-8-7-13-27-15)21(25)16-9-4-5-11-18(16)28-2/h4-6,9-12,15H,3,7-8,13-14H2,1-2H3. The summed E-state index contributed by atoms with van der Waals surface area (Å²) in [5.74, 6) is 0.712. The highest BCUT2D eigenvalue weighted by molar-refractivity contribution is 7.98. The summed E-state index contributed by atoms with van der Waals surface area (Å²) in [4.78, 5) is 21.2. The molecule has 0 bridgehead atoms. The van der Waals surface area contributed by atoms with E-state index in [1.54, 1.807) is 16.7 Å².